The van der Waals surface area contributed by atoms with Crippen molar-refractivity contribution in [2.75, 3.05) is 110 Å². The number of rotatable bonds is 32. The summed E-state index contributed by atoms with van der Waals surface area (Å²) in [6.45, 7) is -2.79. The SMILES string of the molecule is NC(N)=NCCC[C@@H]1NC(=O)[C@H](CCCCNC(=O)[C@H](CO)NC(=O)c2ccc(/C=N/OCC(=O)Nc3ccc(CC4CN(CC(=O)O)CCN(CC(=O)O)CCN(CC(=O)O)CCN4CC(=O)O)cc3)cc2)NC(=O)[C@@H](Cc2ccccc2)NC(=O)[C@H](CC(=O)O)NC(=O)CNC1=O. The fourth-order valence-corrected chi connectivity index (χ4v) is 10.5. The van der Waals surface area contributed by atoms with Crippen molar-refractivity contribution in [2.24, 2.45) is 21.6 Å². The van der Waals surface area contributed by atoms with E-state index in [4.69, 9.17) is 16.3 Å². The molecule has 538 valence electrons. The van der Waals surface area contributed by atoms with Crippen LogP contribution in [0.15, 0.2) is 89.0 Å². The molecule has 36 nitrogen and oxygen atoms in total. The summed E-state index contributed by atoms with van der Waals surface area (Å²) in [6, 6.07) is 13.0. The van der Waals surface area contributed by atoms with Crippen LogP contribution in [-0.4, -0.2) is 281 Å². The number of aliphatic carboxylic acids is 5. The molecule has 2 heterocycles. The zero-order valence-electron chi connectivity index (χ0n) is 54.3. The molecule has 0 saturated carbocycles. The van der Waals surface area contributed by atoms with Crippen LogP contribution in [0.2, 0.25) is 0 Å². The predicted octanol–water partition coefficient (Wildman–Crippen LogP) is -4.64. The van der Waals surface area contributed by atoms with Gasteiger partial charge in [-0.05, 0) is 79.5 Å². The van der Waals surface area contributed by atoms with E-state index in [2.05, 4.69) is 52.7 Å². The number of hydrogen-bond donors (Lipinski definition) is 16. The highest BCUT2D eigenvalue weighted by molar-refractivity contribution is 5.99. The molecular formula is C63H86N16O20. The molecule has 0 bridgehead atoms. The summed E-state index contributed by atoms with van der Waals surface area (Å²) < 4.78 is 0. The van der Waals surface area contributed by atoms with E-state index in [9.17, 15) is 93.0 Å². The van der Waals surface area contributed by atoms with Crippen molar-refractivity contribution in [3.63, 3.8) is 0 Å². The van der Waals surface area contributed by atoms with Crippen molar-refractivity contribution in [1.29, 1.82) is 0 Å². The fraction of sp³-hybridized carbons (Fsp3) is 0.476. The van der Waals surface area contributed by atoms with E-state index in [1.54, 1.807) is 74.2 Å². The Morgan fingerprint density at radius 2 is 1.16 bits per heavy atom. The lowest BCUT2D eigenvalue weighted by atomic mass is 10.0. The van der Waals surface area contributed by atoms with Gasteiger partial charge in [-0.15, -0.1) is 0 Å². The van der Waals surface area contributed by atoms with Crippen LogP contribution in [0, 0.1) is 0 Å². The Labute approximate surface area is 568 Å². The number of nitrogens with zero attached hydrogens (tertiary/aromatic N) is 6. The van der Waals surface area contributed by atoms with Crippen LogP contribution in [0.3, 0.4) is 0 Å². The largest absolute Gasteiger partial charge is 0.481 e. The van der Waals surface area contributed by atoms with Crippen LogP contribution in [0.5, 0.6) is 0 Å². The molecule has 0 spiro atoms. The highest BCUT2D eigenvalue weighted by atomic mass is 16.6. The molecule has 3 aromatic rings. The minimum Gasteiger partial charge on any atom is -0.481 e. The van der Waals surface area contributed by atoms with E-state index in [0.717, 1.165) is 0 Å². The van der Waals surface area contributed by atoms with Gasteiger partial charge in [0.05, 0.1) is 52.0 Å². The number of anilines is 1. The number of aliphatic hydroxyl groups excluding tert-OH is 1. The Bertz CT molecular complexity index is 3320. The summed E-state index contributed by atoms with van der Waals surface area (Å²) in [6.07, 6.45) is 0.785. The van der Waals surface area contributed by atoms with Gasteiger partial charge in [0, 0.05) is 82.6 Å². The number of guanidine groups is 1. The molecule has 8 amide bonds. The number of carboxylic acid groups (broad SMARTS) is 5. The molecule has 18 N–H and O–H groups in total. The molecule has 99 heavy (non-hydrogen) atoms. The lowest BCUT2D eigenvalue weighted by Crippen LogP contribution is -2.58. The summed E-state index contributed by atoms with van der Waals surface area (Å²) in [5.41, 5.74) is 13.0. The molecule has 1 unspecified atom stereocenters. The second kappa shape index (κ2) is 41.4. The maximum absolute atomic E-state index is 14.1. The standard InChI is InChI=1S/C63H86N16O20/c64-63(65)67-20-6-10-45-58(94)68-31-50(81)71-48(29-52(83)84)62(98)74-47(28-39-7-2-1-3-8-39)61(97)73-46(60(96)72-45)9-4-5-19-66-59(95)49(37-80)75-57(93)42-15-11-41(12-16-42)30-69-99-38-51(82)70-43-17-13-40(14-18-43)27-44-32-78(35-55(89)90)24-23-76(33-53(85)86)21-22-77(34-54(87)88)25-26-79(44)36-56(91)92/h1-3,7-8,11-18,30,44-49,80H,4-6,9-10,19-29,31-38H2,(H,66,95)(H,68,94)(H,70,82)(H,71,81)(H,72,96)(H,73,97)(H,74,98)(H,75,93)(H,83,84)(H,85,86)(H,87,88)(H,89,90)(H,91,92)(H4,64,65,67)/b69-30+/t44?,45-,46-,47+,48-,49-/m0/s1. The first-order valence-corrected chi connectivity index (χ1v) is 31.6. The van der Waals surface area contributed by atoms with Gasteiger partial charge in [0.25, 0.3) is 11.8 Å². The van der Waals surface area contributed by atoms with Gasteiger partial charge in [-0.1, -0.05) is 59.8 Å². The van der Waals surface area contributed by atoms with Crippen LogP contribution in [0.25, 0.3) is 0 Å². The first-order chi connectivity index (χ1) is 47.2. The second-order valence-electron chi connectivity index (χ2n) is 23.3. The average Bonchev–Trinajstić information content (AvgIpc) is 1.68. The van der Waals surface area contributed by atoms with Crippen LogP contribution in [0.4, 0.5) is 5.69 Å². The topological polar surface area (TPSA) is 538 Å². The first-order valence-electron chi connectivity index (χ1n) is 31.6. The van der Waals surface area contributed by atoms with Crippen molar-refractivity contribution in [1.82, 2.24) is 56.8 Å². The average molecular weight is 1390 g/mol. The third-order valence-electron chi connectivity index (χ3n) is 15.5. The molecule has 2 fully saturated rings. The Kier molecular flexibility index (Phi) is 33.1. The molecule has 6 atom stereocenters. The number of carbonyl (C=O) groups is 13. The number of carbonyl (C=O) groups excluding carboxylic acids is 8. The maximum atomic E-state index is 14.1. The molecule has 0 aromatic heterocycles. The van der Waals surface area contributed by atoms with Gasteiger partial charge in [0.15, 0.2) is 12.6 Å². The van der Waals surface area contributed by atoms with E-state index in [1.165, 1.54) is 30.5 Å². The number of nitrogens with one attached hydrogen (secondary N) is 8. The van der Waals surface area contributed by atoms with Gasteiger partial charge < -0.3 is 89.5 Å². The van der Waals surface area contributed by atoms with Crippen LogP contribution >= 0.6 is 0 Å². The number of benzene rings is 3. The summed E-state index contributed by atoms with van der Waals surface area (Å²) in [5.74, 6) is -12.8. The Hall–Kier alpha value is -10.7. The van der Waals surface area contributed by atoms with Crippen molar-refractivity contribution in [2.45, 2.75) is 87.6 Å². The van der Waals surface area contributed by atoms with Crippen LogP contribution in [0.1, 0.15) is 65.6 Å². The minimum absolute atomic E-state index is 0.0485. The van der Waals surface area contributed by atoms with Crippen molar-refractivity contribution in [3.8, 4) is 0 Å². The summed E-state index contributed by atoms with van der Waals surface area (Å²) in [7, 11) is 0. The van der Waals surface area contributed by atoms with Gasteiger partial charge >= 0.3 is 29.8 Å². The number of aliphatic imine (C=N–C) groups is 1. The third-order valence-corrected chi connectivity index (χ3v) is 15.5. The number of nitrogens with two attached hydrogens (primary N) is 2. The van der Waals surface area contributed by atoms with E-state index in [0.29, 0.717) is 22.4 Å². The van der Waals surface area contributed by atoms with Gasteiger partial charge in [0.2, 0.25) is 35.4 Å². The van der Waals surface area contributed by atoms with Crippen molar-refractivity contribution >= 4 is 95.0 Å². The number of aliphatic hydroxyl groups is 1. The summed E-state index contributed by atoms with van der Waals surface area (Å²) in [5, 5.41) is 82.5. The number of carboxylic acids is 5. The number of amides is 8. The van der Waals surface area contributed by atoms with Gasteiger partial charge in [0.1, 0.15) is 30.2 Å². The molecule has 0 aliphatic carbocycles. The van der Waals surface area contributed by atoms with E-state index in [1.807, 2.05) is 0 Å². The normalized spacial score (nSPS) is 19.4. The Morgan fingerprint density at radius 3 is 1.77 bits per heavy atom. The Morgan fingerprint density at radius 1 is 0.606 bits per heavy atom. The Balaban J connectivity index is 1.15. The van der Waals surface area contributed by atoms with Crippen LogP contribution < -0.4 is 54.0 Å². The molecule has 5 rings (SSSR count). The van der Waals surface area contributed by atoms with Crippen molar-refractivity contribution < 1.29 is 97.8 Å². The molecule has 2 aliphatic rings. The van der Waals surface area contributed by atoms with E-state index in [-0.39, 0.29) is 128 Å². The molecule has 3 aromatic carbocycles. The third kappa shape index (κ3) is 30.1. The van der Waals surface area contributed by atoms with Gasteiger partial charge in [-0.3, -0.25) is 86.9 Å². The number of hydrogen-bond acceptors (Lipinski definition) is 21. The summed E-state index contributed by atoms with van der Waals surface area (Å²) in [4.78, 5) is 182. The van der Waals surface area contributed by atoms with Gasteiger partial charge in [-0.25, -0.2) is 0 Å². The zero-order chi connectivity index (χ0) is 72.4. The van der Waals surface area contributed by atoms with Crippen LogP contribution in [-0.2, 0) is 75.2 Å². The summed E-state index contributed by atoms with van der Waals surface area (Å²) >= 11 is 0. The quantitative estimate of drug-likeness (QED) is 0.0121. The molecule has 2 aliphatic heterocycles. The van der Waals surface area contributed by atoms with E-state index >= 15 is 0 Å². The zero-order valence-corrected chi connectivity index (χ0v) is 54.3. The molecule has 0 radical (unpaired) electrons. The van der Waals surface area contributed by atoms with Gasteiger partial charge in [-0.2, -0.15) is 0 Å². The molecule has 2 saturated heterocycles. The lowest BCUT2D eigenvalue weighted by molar-refractivity contribution is -0.142. The lowest BCUT2D eigenvalue weighted by Gasteiger charge is -2.37. The van der Waals surface area contributed by atoms with E-state index < -0.39 is 153 Å². The van der Waals surface area contributed by atoms with Crippen molar-refractivity contribution in [3.05, 3.63) is 101 Å². The molecular weight excluding hydrogens is 1300 g/mol. The number of oxime groups is 1. The number of unbranched alkanes of at least 4 members (excludes halogenated alkanes) is 1. The monoisotopic (exact) mass is 1390 g/mol. The minimum atomic E-state index is -1.68. The molecule has 36 heteroatoms. The smallest absolute Gasteiger partial charge is 0.317 e. The predicted molar refractivity (Wildman–Crippen MR) is 352 cm³/mol. The first kappa shape index (κ1) is 79.0. The highest BCUT2D eigenvalue weighted by Gasteiger charge is 2.34. The fourth-order valence-electron chi connectivity index (χ4n) is 10.5. The second-order valence-corrected chi connectivity index (χ2v) is 23.3. The maximum Gasteiger partial charge on any atom is 0.317 e. The highest BCUT2D eigenvalue weighted by Crippen LogP contribution is 2.17.